The van der Waals surface area contributed by atoms with Gasteiger partial charge in [-0.15, -0.1) is 0 Å². The third-order valence-corrected chi connectivity index (χ3v) is 4.65. The van der Waals surface area contributed by atoms with Gasteiger partial charge in [-0.05, 0) is 49.9 Å². The molecule has 0 aromatic carbocycles. The number of nitrogens with one attached hydrogen (secondary N) is 1. The first-order chi connectivity index (χ1) is 9.22. The van der Waals surface area contributed by atoms with Crippen molar-refractivity contribution in [3.05, 3.63) is 0 Å². The predicted octanol–water partition coefficient (Wildman–Crippen LogP) is 2.34. The Morgan fingerprint density at radius 3 is 2.20 bits per heavy atom. The van der Waals surface area contributed by atoms with Crippen LogP contribution in [0.2, 0.25) is 0 Å². The lowest BCUT2D eigenvalue weighted by Crippen LogP contribution is -2.47. The van der Waals surface area contributed by atoms with E-state index >= 15 is 0 Å². The number of carbonyl (C=O) groups is 2. The minimum atomic E-state index is -4.82. The van der Waals surface area contributed by atoms with E-state index in [2.05, 4.69) is 0 Å². The molecule has 0 saturated heterocycles. The van der Waals surface area contributed by atoms with E-state index in [1.165, 1.54) is 0 Å². The first-order valence-corrected chi connectivity index (χ1v) is 6.80. The Bertz CT molecular complexity index is 392. The highest BCUT2D eigenvalue weighted by Gasteiger charge is 2.47. The summed E-state index contributed by atoms with van der Waals surface area (Å²) in [4.78, 5) is 21.5. The lowest BCUT2D eigenvalue weighted by Gasteiger charge is -2.51. The van der Waals surface area contributed by atoms with Crippen LogP contribution in [0.1, 0.15) is 38.5 Å². The number of alkyl halides is 3. The van der Waals surface area contributed by atoms with Gasteiger partial charge < -0.3 is 10.4 Å². The highest BCUT2D eigenvalue weighted by Crippen LogP contribution is 2.55. The number of hydrogen-bond donors (Lipinski definition) is 2. The van der Waals surface area contributed by atoms with Gasteiger partial charge >= 0.3 is 18.1 Å². The van der Waals surface area contributed by atoms with E-state index in [9.17, 15) is 22.8 Å². The summed E-state index contributed by atoms with van der Waals surface area (Å²) in [6.07, 6.45) is -0.286. The minimum absolute atomic E-state index is 0.0580. The Labute approximate surface area is 114 Å². The molecule has 0 aromatic rings. The van der Waals surface area contributed by atoms with Gasteiger partial charge in [0.25, 0.3) is 0 Å². The molecular formula is C13H18F3NO3. The molecule has 114 valence electrons. The van der Waals surface area contributed by atoms with Crippen LogP contribution in [0.25, 0.3) is 0 Å². The van der Waals surface area contributed by atoms with E-state index in [4.69, 9.17) is 5.11 Å². The predicted molar refractivity (Wildman–Crippen MR) is 63.8 cm³/mol. The van der Waals surface area contributed by atoms with Gasteiger partial charge in [0.05, 0.1) is 5.92 Å². The van der Waals surface area contributed by atoms with Crippen molar-refractivity contribution in [1.29, 1.82) is 0 Å². The van der Waals surface area contributed by atoms with Gasteiger partial charge in [0.1, 0.15) is 0 Å². The second-order valence-corrected chi connectivity index (χ2v) is 6.09. The van der Waals surface area contributed by atoms with E-state index in [1.807, 2.05) is 5.32 Å². The molecule has 2 N–H and O–H groups in total. The summed E-state index contributed by atoms with van der Waals surface area (Å²) in [6.45, 7) is 0.0580. The van der Waals surface area contributed by atoms with Crippen LogP contribution < -0.4 is 5.32 Å². The van der Waals surface area contributed by atoms with Crippen molar-refractivity contribution in [1.82, 2.24) is 5.32 Å². The molecule has 2 aliphatic carbocycles. The minimum Gasteiger partial charge on any atom is -0.481 e. The molecule has 4 nitrogen and oxygen atoms in total. The average molecular weight is 293 g/mol. The summed E-state index contributed by atoms with van der Waals surface area (Å²) < 4.78 is 36.1. The van der Waals surface area contributed by atoms with E-state index in [0.29, 0.717) is 12.8 Å². The molecule has 0 unspecified atom stereocenters. The fraction of sp³-hybridized carbons (Fsp3) is 0.846. The second kappa shape index (κ2) is 5.26. The van der Waals surface area contributed by atoms with Crippen molar-refractivity contribution in [3.63, 3.8) is 0 Å². The molecule has 0 heterocycles. The van der Waals surface area contributed by atoms with Crippen LogP contribution in [0.4, 0.5) is 13.2 Å². The maximum absolute atomic E-state index is 12.0. The van der Waals surface area contributed by atoms with E-state index in [-0.39, 0.29) is 23.8 Å². The second-order valence-electron chi connectivity index (χ2n) is 6.09. The fourth-order valence-corrected chi connectivity index (χ4v) is 3.53. The molecule has 1 spiro atoms. The number of aliphatic carboxylic acids is 1. The highest BCUT2D eigenvalue weighted by molar-refractivity contribution is 5.81. The molecule has 2 aliphatic rings. The molecule has 2 fully saturated rings. The number of carbonyl (C=O) groups excluding carboxylic acids is 1. The third-order valence-electron chi connectivity index (χ3n) is 4.65. The first kappa shape index (κ1) is 15.1. The molecule has 2 rings (SSSR count). The van der Waals surface area contributed by atoms with Crippen molar-refractivity contribution in [2.24, 2.45) is 17.3 Å². The molecule has 20 heavy (non-hydrogen) atoms. The molecule has 0 radical (unpaired) electrons. The molecule has 0 aromatic heterocycles. The molecular weight excluding hydrogens is 275 g/mol. The van der Waals surface area contributed by atoms with E-state index in [0.717, 1.165) is 25.7 Å². The molecule has 0 atom stereocenters. The smallest absolute Gasteiger partial charge is 0.471 e. The van der Waals surface area contributed by atoms with Crippen LogP contribution in [-0.4, -0.2) is 29.7 Å². The Balaban J connectivity index is 1.70. The standard InChI is InChI=1S/C13H18F3NO3/c14-13(15,16)11(20)17-7-8-5-12(6-8)3-1-9(2-4-12)10(18)19/h8-9H,1-7H2,(H,17,20)(H,18,19). The third kappa shape index (κ3) is 3.24. The molecule has 2 saturated carbocycles. The van der Waals surface area contributed by atoms with E-state index < -0.39 is 18.1 Å². The van der Waals surface area contributed by atoms with Crippen molar-refractivity contribution >= 4 is 11.9 Å². The number of halogens is 3. The number of amides is 1. The van der Waals surface area contributed by atoms with Crippen LogP contribution in [0.3, 0.4) is 0 Å². The number of carboxylic acid groups (broad SMARTS) is 1. The van der Waals surface area contributed by atoms with E-state index in [1.54, 1.807) is 0 Å². The van der Waals surface area contributed by atoms with Gasteiger partial charge in [-0.2, -0.15) is 13.2 Å². The topological polar surface area (TPSA) is 66.4 Å². The zero-order valence-corrected chi connectivity index (χ0v) is 11.0. The van der Waals surface area contributed by atoms with Gasteiger partial charge in [-0.3, -0.25) is 9.59 Å². The lowest BCUT2D eigenvalue weighted by molar-refractivity contribution is -0.174. The van der Waals surface area contributed by atoms with Gasteiger partial charge in [0, 0.05) is 6.54 Å². The summed E-state index contributed by atoms with van der Waals surface area (Å²) in [5.41, 5.74) is 0.111. The maximum atomic E-state index is 12.0. The average Bonchev–Trinajstić information content (AvgIpc) is 2.32. The van der Waals surface area contributed by atoms with Crippen LogP contribution in [0.15, 0.2) is 0 Å². The number of carboxylic acids is 1. The zero-order chi connectivity index (χ0) is 15.0. The Kier molecular flexibility index (Phi) is 3.97. The van der Waals surface area contributed by atoms with Crippen LogP contribution in [0, 0.1) is 17.3 Å². The first-order valence-electron chi connectivity index (χ1n) is 6.80. The van der Waals surface area contributed by atoms with Gasteiger partial charge in [0.2, 0.25) is 0 Å². The maximum Gasteiger partial charge on any atom is 0.471 e. The molecule has 1 amide bonds. The van der Waals surface area contributed by atoms with Crippen LogP contribution in [-0.2, 0) is 9.59 Å². The normalized spacial score (nSPS) is 33.5. The van der Waals surface area contributed by atoms with Crippen molar-refractivity contribution in [3.8, 4) is 0 Å². The lowest BCUT2D eigenvalue weighted by atomic mass is 9.54. The Morgan fingerprint density at radius 1 is 1.20 bits per heavy atom. The summed E-state index contributed by atoms with van der Waals surface area (Å²) >= 11 is 0. The van der Waals surface area contributed by atoms with Gasteiger partial charge in [-0.25, -0.2) is 0 Å². The highest BCUT2D eigenvalue weighted by atomic mass is 19.4. The largest absolute Gasteiger partial charge is 0.481 e. The monoisotopic (exact) mass is 293 g/mol. The molecule has 0 aliphatic heterocycles. The van der Waals surface area contributed by atoms with Crippen molar-refractivity contribution < 1.29 is 27.9 Å². The van der Waals surface area contributed by atoms with Gasteiger partial charge in [0.15, 0.2) is 0 Å². The van der Waals surface area contributed by atoms with Crippen molar-refractivity contribution in [2.45, 2.75) is 44.7 Å². The SMILES string of the molecule is O=C(O)C1CCC2(CC1)CC(CNC(=O)C(F)(F)F)C2. The summed E-state index contributed by atoms with van der Waals surface area (Å²) in [5.74, 6) is -2.83. The molecule has 0 bridgehead atoms. The number of hydrogen-bond acceptors (Lipinski definition) is 2. The summed E-state index contributed by atoms with van der Waals surface area (Å²) in [6, 6.07) is 0. The Morgan fingerprint density at radius 2 is 1.75 bits per heavy atom. The fourth-order valence-electron chi connectivity index (χ4n) is 3.53. The summed E-state index contributed by atoms with van der Waals surface area (Å²) in [7, 11) is 0. The quantitative estimate of drug-likeness (QED) is 0.839. The molecule has 7 heteroatoms. The Hall–Kier alpha value is -1.27. The van der Waals surface area contributed by atoms with Crippen molar-refractivity contribution in [2.75, 3.05) is 6.54 Å². The number of rotatable bonds is 3. The summed E-state index contributed by atoms with van der Waals surface area (Å²) in [5, 5.41) is 10.8. The zero-order valence-electron chi connectivity index (χ0n) is 11.0. The van der Waals surface area contributed by atoms with Crippen LogP contribution >= 0.6 is 0 Å². The van der Waals surface area contributed by atoms with Gasteiger partial charge in [-0.1, -0.05) is 0 Å². The van der Waals surface area contributed by atoms with Crippen LogP contribution in [0.5, 0.6) is 0 Å².